The van der Waals surface area contributed by atoms with Crippen molar-refractivity contribution in [1.82, 2.24) is 0 Å². The molecule has 0 aliphatic heterocycles. The van der Waals surface area contributed by atoms with Crippen LogP contribution < -0.4 is 0 Å². The highest BCUT2D eigenvalue weighted by molar-refractivity contribution is 9.10. The molecule has 0 aliphatic carbocycles. The number of ether oxygens (including phenoxy) is 1. The van der Waals surface area contributed by atoms with Crippen LogP contribution in [0.2, 0.25) is 0 Å². The molecule has 0 amide bonds. The molecule has 0 fully saturated rings. The fourth-order valence-electron chi connectivity index (χ4n) is 1.68. The first-order valence-electron chi connectivity index (χ1n) is 6.72. The third kappa shape index (κ3) is 4.77. The van der Waals surface area contributed by atoms with E-state index in [0.717, 1.165) is 10.0 Å². The molecule has 0 saturated heterocycles. The molecule has 0 radical (unpaired) electrons. The number of benzene rings is 2. The summed E-state index contributed by atoms with van der Waals surface area (Å²) >= 11 is 3.38. The predicted octanol–water partition coefficient (Wildman–Crippen LogP) is 4.44. The van der Waals surface area contributed by atoms with Crippen molar-refractivity contribution in [3.05, 3.63) is 70.2 Å². The largest absolute Gasteiger partial charge is 0.446 e. The molecule has 0 bridgehead atoms. The Bertz CT molecular complexity index is 651. The van der Waals surface area contributed by atoms with E-state index in [1.165, 1.54) is 0 Å². The van der Waals surface area contributed by atoms with Crippen LogP contribution in [-0.2, 0) is 4.74 Å². The Morgan fingerprint density at radius 1 is 1.14 bits per heavy atom. The van der Waals surface area contributed by atoms with Gasteiger partial charge < -0.3 is 4.74 Å². The summed E-state index contributed by atoms with van der Waals surface area (Å²) in [6.07, 6.45) is 0.253. The molecule has 21 heavy (non-hydrogen) atoms. The first kappa shape index (κ1) is 15.3. The van der Waals surface area contributed by atoms with E-state index in [1.54, 1.807) is 12.1 Å². The minimum absolute atomic E-state index is 0.340. The average Bonchev–Trinajstić information content (AvgIpc) is 2.53. The van der Waals surface area contributed by atoms with Crippen molar-refractivity contribution in [2.24, 2.45) is 0 Å². The van der Waals surface area contributed by atoms with Crippen molar-refractivity contribution in [2.75, 3.05) is 0 Å². The molecule has 0 aromatic heterocycles. The van der Waals surface area contributed by atoms with Gasteiger partial charge >= 0.3 is 5.97 Å². The fraction of sp³-hybridized carbons (Fsp3) is 0.167. The Morgan fingerprint density at radius 2 is 1.81 bits per heavy atom. The molecule has 2 rings (SSSR count). The lowest BCUT2D eigenvalue weighted by molar-refractivity contribution is 0.0405. The summed E-state index contributed by atoms with van der Waals surface area (Å²) in [6, 6.07) is 16.7. The normalized spacial score (nSPS) is 11.1. The number of hydrogen-bond donors (Lipinski definition) is 0. The Hall–Kier alpha value is -2.05. The number of carbonyl (C=O) groups excluding carboxylic acids is 1. The van der Waals surface area contributed by atoms with Gasteiger partial charge in [-0.15, -0.1) is 0 Å². The van der Waals surface area contributed by atoms with Crippen LogP contribution in [0.5, 0.6) is 0 Å². The quantitative estimate of drug-likeness (QED) is 0.609. The van der Waals surface area contributed by atoms with E-state index in [1.807, 2.05) is 49.4 Å². The third-order valence-corrected chi connectivity index (χ3v) is 3.38. The van der Waals surface area contributed by atoms with Gasteiger partial charge in [0.15, 0.2) is 6.10 Å². The number of carbonyl (C=O) groups is 1. The SMILES string of the molecule is CCC(C#Cc1ccc(Br)cc1)OC(=O)c1ccccc1. The molecule has 3 heteroatoms. The first-order chi connectivity index (χ1) is 10.2. The van der Waals surface area contributed by atoms with Crippen LogP contribution >= 0.6 is 15.9 Å². The number of hydrogen-bond acceptors (Lipinski definition) is 2. The smallest absolute Gasteiger partial charge is 0.339 e. The molecule has 0 heterocycles. The van der Waals surface area contributed by atoms with E-state index in [4.69, 9.17) is 4.74 Å². The molecule has 2 aromatic carbocycles. The number of halogens is 1. The second-order valence-electron chi connectivity index (χ2n) is 4.44. The predicted molar refractivity (Wildman–Crippen MR) is 87.0 cm³/mol. The Balaban J connectivity index is 2.04. The van der Waals surface area contributed by atoms with Gasteiger partial charge in [0.1, 0.15) is 0 Å². The zero-order chi connectivity index (χ0) is 15.1. The minimum Gasteiger partial charge on any atom is -0.446 e. The van der Waals surface area contributed by atoms with Crippen LogP contribution in [0.3, 0.4) is 0 Å². The van der Waals surface area contributed by atoms with Gasteiger partial charge in [0, 0.05) is 10.0 Å². The van der Waals surface area contributed by atoms with E-state index in [-0.39, 0.29) is 5.97 Å². The van der Waals surface area contributed by atoms with Gasteiger partial charge in [-0.2, -0.15) is 0 Å². The van der Waals surface area contributed by atoms with Crippen molar-refractivity contribution in [3.63, 3.8) is 0 Å². The Labute approximate surface area is 133 Å². The minimum atomic E-state index is -0.402. The summed E-state index contributed by atoms with van der Waals surface area (Å²) in [5.41, 5.74) is 1.44. The van der Waals surface area contributed by atoms with Crippen LogP contribution in [0, 0.1) is 11.8 Å². The molecule has 0 N–H and O–H groups in total. The van der Waals surface area contributed by atoms with Gasteiger partial charge in [-0.1, -0.05) is 52.9 Å². The molecule has 0 aliphatic rings. The Kier molecular flexibility index (Phi) is 5.59. The van der Waals surface area contributed by atoms with Crippen LogP contribution in [-0.4, -0.2) is 12.1 Å². The third-order valence-electron chi connectivity index (χ3n) is 2.85. The number of esters is 1. The molecule has 1 atom stereocenters. The highest BCUT2D eigenvalue weighted by atomic mass is 79.9. The van der Waals surface area contributed by atoms with Crippen LogP contribution in [0.25, 0.3) is 0 Å². The zero-order valence-corrected chi connectivity index (χ0v) is 13.3. The molecule has 1 unspecified atom stereocenters. The topological polar surface area (TPSA) is 26.3 Å². The van der Waals surface area contributed by atoms with Crippen molar-refractivity contribution in [3.8, 4) is 11.8 Å². The molecule has 2 aromatic rings. The van der Waals surface area contributed by atoms with Gasteiger partial charge in [0.05, 0.1) is 5.56 Å². The average molecular weight is 343 g/mol. The first-order valence-corrected chi connectivity index (χ1v) is 7.51. The van der Waals surface area contributed by atoms with Crippen molar-refractivity contribution >= 4 is 21.9 Å². The van der Waals surface area contributed by atoms with E-state index in [9.17, 15) is 4.79 Å². The molecule has 0 saturated carbocycles. The van der Waals surface area contributed by atoms with Crippen molar-refractivity contribution in [1.29, 1.82) is 0 Å². The maximum atomic E-state index is 12.0. The van der Waals surface area contributed by atoms with Crippen LogP contribution in [0.15, 0.2) is 59.1 Å². The van der Waals surface area contributed by atoms with Crippen molar-refractivity contribution in [2.45, 2.75) is 19.4 Å². The lowest BCUT2D eigenvalue weighted by atomic mass is 10.2. The van der Waals surface area contributed by atoms with E-state index >= 15 is 0 Å². The second-order valence-corrected chi connectivity index (χ2v) is 5.36. The maximum Gasteiger partial charge on any atom is 0.339 e. The monoisotopic (exact) mass is 342 g/mol. The van der Waals surface area contributed by atoms with Crippen LogP contribution in [0.1, 0.15) is 29.3 Å². The van der Waals surface area contributed by atoms with Crippen molar-refractivity contribution < 1.29 is 9.53 Å². The molecule has 106 valence electrons. The highest BCUT2D eigenvalue weighted by Gasteiger charge is 2.11. The molecule has 0 spiro atoms. The second kappa shape index (κ2) is 7.66. The highest BCUT2D eigenvalue weighted by Crippen LogP contribution is 2.10. The summed E-state index contributed by atoms with van der Waals surface area (Å²) in [4.78, 5) is 12.0. The summed E-state index contributed by atoms with van der Waals surface area (Å²) in [5.74, 6) is 5.69. The molecular weight excluding hydrogens is 328 g/mol. The van der Waals surface area contributed by atoms with Crippen LogP contribution in [0.4, 0.5) is 0 Å². The Morgan fingerprint density at radius 3 is 2.43 bits per heavy atom. The van der Waals surface area contributed by atoms with Gasteiger partial charge in [0.2, 0.25) is 0 Å². The summed E-state index contributed by atoms with van der Waals surface area (Å²) in [6.45, 7) is 1.94. The van der Waals surface area contributed by atoms with Gasteiger partial charge in [-0.3, -0.25) is 0 Å². The lowest BCUT2D eigenvalue weighted by Gasteiger charge is -2.10. The van der Waals surface area contributed by atoms with Gasteiger partial charge in [-0.05, 0) is 42.8 Å². The fourth-order valence-corrected chi connectivity index (χ4v) is 1.95. The van der Waals surface area contributed by atoms with E-state index in [2.05, 4.69) is 27.8 Å². The summed E-state index contributed by atoms with van der Waals surface area (Å²) < 4.78 is 6.42. The van der Waals surface area contributed by atoms with E-state index < -0.39 is 6.10 Å². The molecular formula is C18H15BrO2. The maximum absolute atomic E-state index is 12.0. The zero-order valence-electron chi connectivity index (χ0n) is 11.7. The molecule has 2 nitrogen and oxygen atoms in total. The standard InChI is InChI=1S/C18H15BrO2/c1-2-17(13-10-14-8-11-16(19)12-9-14)21-18(20)15-6-4-3-5-7-15/h3-9,11-12,17H,2H2,1H3. The summed E-state index contributed by atoms with van der Waals surface area (Å²) in [5, 5.41) is 0. The van der Waals surface area contributed by atoms with Gasteiger partial charge in [0.25, 0.3) is 0 Å². The number of rotatable bonds is 3. The summed E-state index contributed by atoms with van der Waals surface area (Å²) in [7, 11) is 0. The lowest BCUT2D eigenvalue weighted by Crippen LogP contribution is -2.15. The van der Waals surface area contributed by atoms with E-state index in [0.29, 0.717) is 12.0 Å². The van der Waals surface area contributed by atoms with Gasteiger partial charge in [-0.25, -0.2) is 4.79 Å².